The van der Waals surface area contributed by atoms with E-state index in [1.54, 1.807) is 12.1 Å². The summed E-state index contributed by atoms with van der Waals surface area (Å²) in [5.41, 5.74) is 9.34. The van der Waals surface area contributed by atoms with Crippen LogP contribution in [0.5, 0.6) is 0 Å². The van der Waals surface area contributed by atoms with Gasteiger partial charge in [-0.15, -0.1) is 0 Å². The second-order valence-corrected chi connectivity index (χ2v) is 13.0. The van der Waals surface area contributed by atoms with Gasteiger partial charge in [0.05, 0.1) is 10.9 Å². The Kier molecular flexibility index (Phi) is 9.20. The lowest BCUT2D eigenvalue weighted by Gasteiger charge is -2.39. The predicted octanol–water partition coefficient (Wildman–Crippen LogP) is 5.36. The lowest BCUT2D eigenvalue weighted by Crippen LogP contribution is -2.45. The number of hydrogen-bond acceptors (Lipinski definition) is 4. The fourth-order valence-corrected chi connectivity index (χ4v) is 7.46. The van der Waals surface area contributed by atoms with E-state index in [-0.39, 0.29) is 34.7 Å². The third-order valence-corrected chi connectivity index (χ3v) is 10.0. The third kappa shape index (κ3) is 7.24. The van der Waals surface area contributed by atoms with E-state index in [9.17, 15) is 18.0 Å². The van der Waals surface area contributed by atoms with Crippen molar-refractivity contribution in [2.45, 2.75) is 74.8 Å². The maximum absolute atomic E-state index is 13.5. The maximum Gasteiger partial charge on any atom is 0.240 e. The zero-order valence-electron chi connectivity index (χ0n) is 23.4. The smallest absolute Gasteiger partial charge is 0.240 e. The van der Waals surface area contributed by atoms with Crippen molar-refractivity contribution in [3.63, 3.8) is 0 Å². The molecular formula is C33H39N3O4S. The second-order valence-electron chi connectivity index (χ2n) is 11.3. The van der Waals surface area contributed by atoms with Crippen molar-refractivity contribution in [1.82, 2.24) is 9.62 Å². The summed E-state index contributed by atoms with van der Waals surface area (Å²) < 4.78 is 29.2. The molecule has 216 valence electrons. The molecule has 41 heavy (non-hydrogen) atoms. The fraction of sp³-hybridized carbons (Fsp3) is 0.394. The molecular weight excluding hydrogens is 534 g/mol. The van der Waals surface area contributed by atoms with Crippen molar-refractivity contribution in [2.24, 2.45) is 11.7 Å². The van der Waals surface area contributed by atoms with Gasteiger partial charge in [-0.25, -0.2) is 13.1 Å². The molecule has 1 aliphatic carbocycles. The molecule has 3 N–H and O–H groups in total. The minimum Gasteiger partial charge on any atom is -0.370 e. The van der Waals surface area contributed by atoms with Gasteiger partial charge in [0.15, 0.2) is 0 Å². The van der Waals surface area contributed by atoms with E-state index >= 15 is 0 Å². The first-order chi connectivity index (χ1) is 19.8. The van der Waals surface area contributed by atoms with Crippen LogP contribution < -0.4 is 10.5 Å². The molecule has 7 nitrogen and oxygen atoms in total. The molecule has 1 saturated carbocycles. The molecule has 1 atom stereocenters. The zero-order valence-corrected chi connectivity index (χ0v) is 24.2. The molecule has 5 rings (SSSR count). The van der Waals surface area contributed by atoms with Crippen LogP contribution in [0.25, 0.3) is 11.1 Å². The van der Waals surface area contributed by atoms with Crippen molar-refractivity contribution in [3.05, 3.63) is 90.0 Å². The molecule has 2 amide bonds. The highest BCUT2D eigenvalue weighted by Gasteiger charge is 2.35. The Labute approximate surface area is 243 Å². The molecule has 0 spiro atoms. The van der Waals surface area contributed by atoms with Crippen LogP contribution in [0.4, 0.5) is 0 Å². The van der Waals surface area contributed by atoms with Crippen molar-refractivity contribution in [1.29, 1.82) is 0 Å². The molecule has 0 unspecified atom stereocenters. The second kappa shape index (κ2) is 13.0. The number of carbonyl (C=O) groups is 2. The summed E-state index contributed by atoms with van der Waals surface area (Å²) >= 11 is 0. The van der Waals surface area contributed by atoms with Crippen LogP contribution >= 0.6 is 0 Å². The number of carbonyl (C=O) groups excluding carboxylic acids is 2. The Morgan fingerprint density at radius 3 is 2.07 bits per heavy atom. The fourth-order valence-electron chi connectivity index (χ4n) is 6.16. The number of primary amides is 1. The molecule has 3 aromatic carbocycles. The van der Waals surface area contributed by atoms with E-state index in [4.69, 9.17) is 5.73 Å². The van der Waals surface area contributed by atoms with Crippen LogP contribution in [0.15, 0.2) is 83.8 Å². The average Bonchev–Trinajstić information content (AvgIpc) is 3.00. The summed E-state index contributed by atoms with van der Waals surface area (Å²) in [5, 5.41) is 0. The van der Waals surface area contributed by atoms with Crippen LogP contribution in [0.2, 0.25) is 0 Å². The molecule has 0 aromatic heterocycles. The predicted molar refractivity (Wildman–Crippen MR) is 160 cm³/mol. The largest absolute Gasteiger partial charge is 0.370 e. The van der Waals surface area contributed by atoms with Gasteiger partial charge >= 0.3 is 0 Å². The topological polar surface area (TPSA) is 110 Å². The molecule has 1 heterocycles. The number of likely N-dealkylation sites (tertiary alicyclic amines) is 1. The minimum absolute atomic E-state index is 0.0541. The summed E-state index contributed by atoms with van der Waals surface area (Å²) in [5.74, 6) is -0.159. The molecule has 0 bridgehead atoms. The van der Waals surface area contributed by atoms with Crippen LogP contribution in [-0.2, 0) is 26.0 Å². The van der Waals surface area contributed by atoms with Crippen molar-refractivity contribution >= 4 is 21.8 Å². The quantitative estimate of drug-likeness (QED) is 0.359. The normalized spacial score (nSPS) is 21.4. The number of amides is 2. The number of nitrogens with two attached hydrogens (primary N) is 1. The summed E-state index contributed by atoms with van der Waals surface area (Å²) in [6, 6.07) is 25.0. The first kappa shape index (κ1) is 29.0. The lowest BCUT2D eigenvalue weighted by atomic mass is 9.84. The molecule has 0 radical (unpaired) electrons. The average molecular weight is 574 g/mol. The summed E-state index contributed by atoms with van der Waals surface area (Å²) in [6.07, 6.45) is 6.75. The van der Waals surface area contributed by atoms with Gasteiger partial charge in [0.2, 0.25) is 21.8 Å². The van der Waals surface area contributed by atoms with Crippen molar-refractivity contribution < 1.29 is 18.0 Å². The maximum atomic E-state index is 13.5. The molecule has 3 aromatic rings. The number of benzene rings is 3. The van der Waals surface area contributed by atoms with Gasteiger partial charge in [0, 0.05) is 24.9 Å². The van der Waals surface area contributed by atoms with Gasteiger partial charge < -0.3 is 10.6 Å². The Hall–Kier alpha value is -3.49. The van der Waals surface area contributed by atoms with Gasteiger partial charge in [-0.05, 0) is 85.8 Å². The number of sulfonamides is 1. The van der Waals surface area contributed by atoms with E-state index in [1.165, 1.54) is 5.56 Å². The van der Waals surface area contributed by atoms with Crippen LogP contribution in [-0.4, -0.2) is 37.7 Å². The van der Waals surface area contributed by atoms with E-state index in [0.717, 1.165) is 42.5 Å². The molecule has 2 fully saturated rings. The highest BCUT2D eigenvalue weighted by atomic mass is 32.2. The standard InChI is InChI=1S/C33H39N3O4S/c34-32(37)22-11-24-9-12-25(13-10-24)26-16-20-30(21-17-26)41(39,40)35-29-18-14-28(15-19-29)33(38)36-23-5-4-8-31(36)27-6-2-1-3-7-27/h1-3,6-7,9-10,12-13,16-17,20-21,28-29,31,35H,4-5,8,11,14-15,18-19,22-23H2,(H2,34,37)/t28?,29?,31-/m1/s1. The van der Waals surface area contributed by atoms with Crippen LogP contribution in [0.3, 0.4) is 0 Å². The van der Waals surface area contributed by atoms with Gasteiger partial charge in [-0.1, -0.05) is 66.7 Å². The van der Waals surface area contributed by atoms with Crippen molar-refractivity contribution in [2.75, 3.05) is 6.54 Å². The number of rotatable bonds is 9. The Balaban J connectivity index is 1.16. The summed E-state index contributed by atoms with van der Waals surface area (Å²) in [4.78, 5) is 26.9. The minimum atomic E-state index is -3.67. The number of nitrogens with one attached hydrogen (secondary N) is 1. The molecule has 1 aliphatic heterocycles. The van der Waals surface area contributed by atoms with Gasteiger partial charge in [-0.3, -0.25) is 9.59 Å². The summed E-state index contributed by atoms with van der Waals surface area (Å²) in [6.45, 7) is 0.792. The van der Waals surface area contributed by atoms with Crippen molar-refractivity contribution in [3.8, 4) is 11.1 Å². The third-order valence-electron chi connectivity index (χ3n) is 8.48. The number of nitrogens with zero attached hydrogens (tertiary/aromatic N) is 1. The Morgan fingerprint density at radius 1 is 0.805 bits per heavy atom. The zero-order chi connectivity index (χ0) is 28.8. The van der Waals surface area contributed by atoms with Gasteiger partial charge in [0.25, 0.3) is 0 Å². The van der Waals surface area contributed by atoms with Gasteiger partial charge in [-0.2, -0.15) is 0 Å². The Morgan fingerprint density at radius 2 is 1.44 bits per heavy atom. The molecule has 2 aliphatic rings. The van der Waals surface area contributed by atoms with E-state index in [1.807, 2.05) is 54.6 Å². The van der Waals surface area contributed by atoms with E-state index < -0.39 is 10.0 Å². The highest BCUT2D eigenvalue weighted by molar-refractivity contribution is 7.89. The molecule has 8 heteroatoms. The summed E-state index contributed by atoms with van der Waals surface area (Å²) in [7, 11) is -3.67. The van der Waals surface area contributed by atoms with Gasteiger partial charge in [0.1, 0.15) is 0 Å². The number of aryl methyl sites for hydroxylation is 1. The van der Waals surface area contributed by atoms with E-state index in [2.05, 4.69) is 21.8 Å². The monoisotopic (exact) mass is 573 g/mol. The lowest BCUT2D eigenvalue weighted by molar-refractivity contribution is -0.140. The first-order valence-corrected chi connectivity index (χ1v) is 16.1. The number of hydrogen-bond donors (Lipinski definition) is 2. The van der Waals surface area contributed by atoms with E-state index in [0.29, 0.717) is 38.5 Å². The number of piperidine rings is 1. The van der Waals surface area contributed by atoms with Crippen LogP contribution in [0.1, 0.15) is 68.5 Å². The highest BCUT2D eigenvalue weighted by Crippen LogP contribution is 2.35. The first-order valence-electron chi connectivity index (χ1n) is 14.7. The van der Waals surface area contributed by atoms with Crippen LogP contribution in [0, 0.1) is 5.92 Å². The Bertz CT molecular complexity index is 1430. The SMILES string of the molecule is NC(=O)CCc1ccc(-c2ccc(S(=O)(=O)NC3CCC(C(=O)N4CCCC[C@@H]4c4ccccc4)CC3)cc2)cc1. The molecule has 1 saturated heterocycles.